The van der Waals surface area contributed by atoms with Gasteiger partial charge in [0, 0.05) is 0 Å². The molecule has 3 rings (SSSR count). The van der Waals surface area contributed by atoms with Gasteiger partial charge >= 0.3 is 0 Å². The molecule has 0 aliphatic heterocycles. The first kappa shape index (κ1) is 21.5. The highest BCUT2D eigenvalue weighted by Crippen LogP contribution is 2.28. The van der Waals surface area contributed by atoms with Gasteiger partial charge in [-0.2, -0.15) is 0 Å². The summed E-state index contributed by atoms with van der Waals surface area (Å²) in [4.78, 5) is 0. The first-order valence-electron chi connectivity index (χ1n) is 10.6. The molecule has 0 radical (unpaired) electrons. The summed E-state index contributed by atoms with van der Waals surface area (Å²) in [6, 6.07) is 28.6. The summed E-state index contributed by atoms with van der Waals surface area (Å²) in [6.45, 7) is 3.89. The van der Waals surface area contributed by atoms with E-state index in [-0.39, 0.29) is 0 Å². The van der Waals surface area contributed by atoms with Crippen LogP contribution in [0.5, 0.6) is 0 Å². The molecule has 0 nitrogen and oxygen atoms in total. The van der Waals surface area contributed by atoms with E-state index >= 15 is 0 Å². The minimum Gasteiger partial charge on any atom is -0.246 e. The van der Waals surface area contributed by atoms with Gasteiger partial charge in [-0.15, -0.1) is 0 Å². The van der Waals surface area contributed by atoms with Gasteiger partial charge < -0.3 is 0 Å². The molecule has 0 amide bonds. The monoisotopic (exact) mass is 396 g/mol. The van der Waals surface area contributed by atoms with Crippen molar-refractivity contribution in [1.82, 2.24) is 0 Å². The van der Waals surface area contributed by atoms with E-state index in [9.17, 15) is 4.39 Å². The maximum atomic E-state index is 13.0. The molecule has 0 atom stereocenters. The van der Waals surface area contributed by atoms with E-state index in [0.717, 1.165) is 24.0 Å². The number of hydrogen-bond acceptors (Lipinski definition) is 0. The van der Waals surface area contributed by atoms with Gasteiger partial charge in [0.2, 0.25) is 0 Å². The Morgan fingerprint density at radius 1 is 0.700 bits per heavy atom. The standard InChI is InChI=1S/C29H29F/c1-3-4-11-28(26-14-9-6-10-15-26)21-29(27-18-16-24(22-30)17-19-27)20-23(2)25-12-7-5-8-13-25/h5-21H,3-4,22H2,1-2H3/b23-20+,28-11-,29-21+. The fraction of sp³-hybridized carbons (Fsp3) is 0.172. The molecule has 0 aliphatic rings. The normalized spacial score (nSPS) is 12.8. The van der Waals surface area contributed by atoms with Crippen molar-refractivity contribution in [2.75, 3.05) is 0 Å². The number of rotatable bonds is 8. The van der Waals surface area contributed by atoms with Crippen LogP contribution in [0.25, 0.3) is 16.7 Å². The zero-order valence-electron chi connectivity index (χ0n) is 17.8. The summed E-state index contributed by atoms with van der Waals surface area (Å²) >= 11 is 0. The van der Waals surface area contributed by atoms with Crippen molar-refractivity contribution in [3.05, 3.63) is 125 Å². The number of unbranched alkanes of at least 4 members (excludes halogenated alkanes) is 1. The summed E-state index contributed by atoms with van der Waals surface area (Å²) in [5.74, 6) is 0. The van der Waals surface area contributed by atoms with Crippen LogP contribution < -0.4 is 0 Å². The van der Waals surface area contributed by atoms with Crippen LogP contribution in [0.15, 0.2) is 103 Å². The largest absolute Gasteiger partial charge is 0.246 e. The van der Waals surface area contributed by atoms with Crippen molar-refractivity contribution < 1.29 is 4.39 Å². The molecule has 0 spiro atoms. The van der Waals surface area contributed by atoms with Crippen LogP contribution in [0.3, 0.4) is 0 Å². The van der Waals surface area contributed by atoms with E-state index in [1.807, 2.05) is 36.4 Å². The van der Waals surface area contributed by atoms with Gasteiger partial charge in [-0.1, -0.05) is 110 Å². The Kier molecular flexibility index (Phi) is 7.97. The minimum absolute atomic E-state index is 0.441. The fourth-order valence-electron chi connectivity index (χ4n) is 3.37. The second-order valence-electron chi connectivity index (χ2n) is 7.44. The first-order chi connectivity index (χ1) is 14.7. The van der Waals surface area contributed by atoms with Crippen molar-refractivity contribution in [3.63, 3.8) is 0 Å². The van der Waals surface area contributed by atoms with Crippen LogP contribution in [0.1, 0.15) is 48.9 Å². The van der Waals surface area contributed by atoms with E-state index in [1.165, 1.54) is 22.3 Å². The third kappa shape index (κ3) is 5.90. The van der Waals surface area contributed by atoms with Gasteiger partial charge in [0.05, 0.1) is 0 Å². The van der Waals surface area contributed by atoms with Crippen molar-refractivity contribution in [1.29, 1.82) is 0 Å². The van der Waals surface area contributed by atoms with Crippen LogP contribution in [-0.4, -0.2) is 0 Å². The molecular formula is C29H29F. The summed E-state index contributed by atoms with van der Waals surface area (Å²) in [5, 5.41) is 0. The van der Waals surface area contributed by atoms with Gasteiger partial charge in [-0.25, -0.2) is 4.39 Å². The third-order valence-electron chi connectivity index (χ3n) is 5.11. The number of halogens is 1. The molecule has 3 aromatic rings. The smallest absolute Gasteiger partial charge is 0.115 e. The van der Waals surface area contributed by atoms with Crippen molar-refractivity contribution in [3.8, 4) is 0 Å². The van der Waals surface area contributed by atoms with Crippen molar-refractivity contribution in [2.45, 2.75) is 33.4 Å². The second kappa shape index (κ2) is 11.1. The lowest BCUT2D eigenvalue weighted by Crippen LogP contribution is -1.89. The Balaban J connectivity index is 2.11. The molecule has 0 unspecified atom stereocenters. The molecule has 0 N–H and O–H groups in total. The summed E-state index contributed by atoms with van der Waals surface area (Å²) < 4.78 is 13.0. The Hall–Kier alpha value is -3.19. The molecule has 0 bridgehead atoms. The van der Waals surface area contributed by atoms with Gasteiger partial charge in [0.25, 0.3) is 0 Å². The second-order valence-corrected chi connectivity index (χ2v) is 7.44. The molecule has 152 valence electrons. The molecular weight excluding hydrogens is 367 g/mol. The van der Waals surface area contributed by atoms with Crippen LogP contribution in [0.4, 0.5) is 4.39 Å². The average Bonchev–Trinajstić information content (AvgIpc) is 2.82. The van der Waals surface area contributed by atoms with E-state index in [0.29, 0.717) is 5.56 Å². The maximum absolute atomic E-state index is 13.0. The van der Waals surface area contributed by atoms with E-state index < -0.39 is 6.67 Å². The zero-order chi connectivity index (χ0) is 21.2. The highest BCUT2D eigenvalue weighted by Gasteiger charge is 2.06. The van der Waals surface area contributed by atoms with E-state index in [4.69, 9.17) is 0 Å². The Morgan fingerprint density at radius 2 is 1.27 bits per heavy atom. The molecule has 0 fully saturated rings. The summed E-state index contributed by atoms with van der Waals surface area (Å²) in [5.41, 5.74) is 7.70. The first-order valence-corrected chi connectivity index (χ1v) is 10.6. The number of allylic oxidation sites excluding steroid dienone is 6. The zero-order valence-corrected chi connectivity index (χ0v) is 17.8. The molecule has 30 heavy (non-hydrogen) atoms. The molecule has 0 heterocycles. The van der Waals surface area contributed by atoms with E-state index in [1.54, 1.807) is 0 Å². The van der Waals surface area contributed by atoms with Crippen molar-refractivity contribution in [2.24, 2.45) is 0 Å². The number of alkyl halides is 1. The molecule has 0 aromatic heterocycles. The van der Waals surface area contributed by atoms with E-state index in [2.05, 4.69) is 80.6 Å². The molecule has 0 saturated carbocycles. The van der Waals surface area contributed by atoms with Gasteiger partial charge in [0.1, 0.15) is 6.67 Å². The minimum atomic E-state index is -0.441. The van der Waals surface area contributed by atoms with Crippen LogP contribution in [-0.2, 0) is 6.67 Å². The fourth-order valence-corrected chi connectivity index (χ4v) is 3.37. The molecule has 3 aromatic carbocycles. The molecule has 1 heteroatoms. The number of hydrogen-bond donors (Lipinski definition) is 0. The highest BCUT2D eigenvalue weighted by atomic mass is 19.1. The lowest BCUT2D eigenvalue weighted by atomic mass is 9.94. The average molecular weight is 397 g/mol. The summed E-state index contributed by atoms with van der Waals surface area (Å²) in [7, 11) is 0. The SMILES string of the molecule is CCC/C=C(/C=C(\C=C(/C)c1ccccc1)c1ccc(CF)cc1)c1ccccc1. The molecule has 0 saturated heterocycles. The van der Waals surface area contributed by atoms with Crippen LogP contribution in [0, 0.1) is 0 Å². The molecule has 0 aliphatic carbocycles. The van der Waals surface area contributed by atoms with Crippen molar-refractivity contribution >= 4 is 16.7 Å². The van der Waals surface area contributed by atoms with Gasteiger partial charge in [0.15, 0.2) is 0 Å². The highest BCUT2D eigenvalue weighted by molar-refractivity contribution is 5.91. The van der Waals surface area contributed by atoms with Gasteiger partial charge in [-0.05, 0) is 58.4 Å². The topological polar surface area (TPSA) is 0 Å². The van der Waals surface area contributed by atoms with Crippen LogP contribution in [0.2, 0.25) is 0 Å². The lowest BCUT2D eigenvalue weighted by molar-refractivity contribution is 0.485. The third-order valence-corrected chi connectivity index (χ3v) is 5.11. The Morgan fingerprint density at radius 3 is 1.83 bits per heavy atom. The predicted octanol–water partition coefficient (Wildman–Crippen LogP) is 8.53. The Bertz CT molecular complexity index is 1010. The summed E-state index contributed by atoms with van der Waals surface area (Å²) in [6.07, 6.45) is 8.90. The Labute approximate surface area is 180 Å². The predicted molar refractivity (Wildman–Crippen MR) is 129 cm³/mol. The van der Waals surface area contributed by atoms with Crippen LogP contribution >= 0.6 is 0 Å². The quantitative estimate of drug-likeness (QED) is 0.335. The number of benzene rings is 3. The lowest BCUT2D eigenvalue weighted by Gasteiger charge is -2.10. The van der Waals surface area contributed by atoms with Gasteiger partial charge in [-0.3, -0.25) is 0 Å². The maximum Gasteiger partial charge on any atom is 0.115 e.